The van der Waals surface area contributed by atoms with E-state index < -0.39 is 0 Å². The highest BCUT2D eigenvalue weighted by molar-refractivity contribution is 9.10. The van der Waals surface area contributed by atoms with E-state index in [2.05, 4.69) is 31.2 Å². The molecule has 0 aromatic carbocycles. The van der Waals surface area contributed by atoms with Crippen LogP contribution in [0.1, 0.15) is 25.7 Å². The van der Waals surface area contributed by atoms with Gasteiger partial charge in [-0.25, -0.2) is 9.97 Å². The van der Waals surface area contributed by atoms with Crippen LogP contribution in [0, 0.1) is 5.92 Å². The second-order valence-electron chi connectivity index (χ2n) is 4.29. The maximum atomic E-state index is 9.56. The van der Waals surface area contributed by atoms with E-state index in [0.29, 0.717) is 5.92 Å². The van der Waals surface area contributed by atoms with Crippen LogP contribution in [0.25, 0.3) is 0 Å². The SMILES string of the molecule is OC1CCCC(CNc2cc(Br)ncn2)C1. The average molecular weight is 286 g/mol. The van der Waals surface area contributed by atoms with Gasteiger partial charge in [0.1, 0.15) is 16.7 Å². The molecule has 2 unspecified atom stereocenters. The molecule has 0 amide bonds. The van der Waals surface area contributed by atoms with Gasteiger partial charge in [-0.05, 0) is 41.1 Å². The molecule has 0 spiro atoms. The first kappa shape index (κ1) is 11.8. The van der Waals surface area contributed by atoms with Crippen molar-refractivity contribution in [1.82, 2.24) is 9.97 Å². The van der Waals surface area contributed by atoms with Crippen molar-refractivity contribution in [1.29, 1.82) is 0 Å². The lowest BCUT2D eigenvalue weighted by molar-refractivity contribution is 0.104. The minimum absolute atomic E-state index is 0.113. The summed E-state index contributed by atoms with van der Waals surface area (Å²) < 4.78 is 0.786. The maximum absolute atomic E-state index is 9.56. The highest BCUT2D eigenvalue weighted by atomic mass is 79.9. The summed E-state index contributed by atoms with van der Waals surface area (Å²) in [7, 11) is 0. The topological polar surface area (TPSA) is 58.0 Å². The third-order valence-corrected chi connectivity index (χ3v) is 3.39. The third kappa shape index (κ3) is 3.42. The van der Waals surface area contributed by atoms with Gasteiger partial charge in [-0.15, -0.1) is 0 Å². The standard InChI is InChI=1S/C11H16BrN3O/c12-10-5-11(15-7-14-10)13-6-8-2-1-3-9(16)4-8/h5,7-9,16H,1-4,6H2,(H,13,14,15). The zero-order chi connectivity index (χ0) is 11.4. The predicted octanol–water partition coefficient (Wildman–Crippen LogP) is 2.20. The first-order valence-corrected chi connectivity index (χ1v) is 6.43. The molecule has 1 fully saturated rings. The van der Waals surface area contributed by atoms with Crippen LogP contribution in [0.4, 0.5) is 5.82 Å². The lowest BCUT2D eigenvalue weighted by atomic mass is 9.87. The Morgan fingerprint density at radius 1 is 1.44 bits per heavy atom. The molecule has 1 heterocycles. The molecule has 1 saturated carbocycles. The molecule has 0 saturated heterocycles. The second kappa shape index (κ2) is 5.59. The van der Waals surface area contributed by atoms with Crippen LogP contribution < -0.4 is 5.32 Å². The summed E-state index contributed by atoms with van der Waals surface area (Å²) in [5.74, 6) is 1.39. The van der Waals surface area contributed by atoms with Gasteiger partial charge in [0.05, 0.1) is 6.10 Å². The summed E-state index contributed by atoms with van der Waals surface area (Å²) in [4.78, 5) is 8.10. The zero-order valence-corrected chi connectivity index (χ0v) is 10.7. The largest absolute Gasteiger partial charge is 0.393 e. The quantitative estimate of drug-likeness (QED) is 0.836. The smallest absolute Gasteiger partial charge is 0.130 e. The maximum Gasteiger partial charge on any atom is 0.130 e. The van der Waals surface area contributed by atoms with E-state index in [9.17, 15) is 5.11 Å². The number of aliphatic hydroxyl groups is 1. The zero-order valence-electron chi connectivity index (χ0n) is 9.06. The number of halogens is 1. The average Bonchev–Trinajstić information content (AvgIpc) is 2.27. The highest BCUT2D eigenvalue weighted by Crippen LogP contribution is 2.24. The molecule has 0 bridgehead atoms. The molecule has 2 N–H and O–H groups in total. The van der Waals surface area contributed by atoms with Crippen molar-refractivity contribution in [2.24, 2.45) is 5.92 Å². The van der Waals surface area contributed by atoms with Gasteiger partial charge >= 0.3 is 0 Å². The van der Waals surface area contributed by atoms with Crippen LogP contribution in [0.3, 0.4) is 0 Å². The van der Waals surface area contributed by atoms with E-state index in [1.807, 2.05) is 6.07 Å². The van der Waals surface area contributed by atoms with Crippen molar-refractivity contribution < 1.29 is 5.11 Å². The van der Waals surface area contributed by atoms with E-state index in [0.717, 1.165) is 36.2 Å². The third-order valence-electron chi connectivity index (χ3n) is 2.96. The van der Waals surface area contributed by atoms with Gasteiger partial charge in [-0.1, -0.05) is 6.42 Å². The fourth-order valence-corrected chi connectivity index (χ4v) is 2.44. The van der Waals surface area contributed by atoms with Crippen LogP contribution in [-0.4, -0.2) is 27.7 Å². The predicted molar refractivity (Wildman–Crippen MR) is 66.2 cm³/mol. The van der Waals surface area contributed by atoms with E-state index in [1.54, 1.807) is 0 Å². The molecule has 1 aliphatic rings. The normalized spacial score (nSPS) is 25.4. The van der Waals surface area contributed by atoms with Crippen molar-refractivity contribution >= 4 is 21.7 Å². The highest BCUT2D eigenvalue weighted by Gasteiger charge is 2.19. The minimum atomic E-state index is -0.113. The molecule has 88 valence electrons. The molecule has 16 heavy (non-hydrogen) atoms. The molecule has 1 aromatic rings. The van der Waals surface area contributed by atoms with Gasteiger partial charge in [0.15, 0.2) is 0 Å². The Kier molecular flexibility index (Phi) is 4.12. The van der Waals surface area contributed by atoms with Crippen molar-refractivity contribution in [2.75, 3.05) is 11.9 Å². The van der Waals surface area contributed by atoms with Gasteiger partial charge in [0.2, 0.25) is 0 Å². The van der Waals surface area contributed by atoms with Gasteiger partial charge in [-0.2, -0.15) is 0 Å². The molecular weight excluding hydrogens is 270 g/mol. The minimum Gasteiger partial charge on any atom is -0.393 e. The van der Waals surface area contributed by atoms with Crippen LogP contribution in [0.5, 0.6) is 0 Å². The number of hydrogen-bond donors (Lipinski definition) is 2. The van der Waals surface area contributed by atoms with Crippen molar-refractivity contribution in [3.8, 4) is 0 Å². The van der Waals surface area contributed by atoms with Gasteiger partial charge < -0.3 is 10.4 Å². The van der Waals surface area contributed by atoms with Crippen molar-refractivity contribution in [2.45, 2.75) is 31.8 Å². The number of rotatable bonds is 3. The Morgan fingerprint density at radius 2 is 2.31 bits per heavy atom. The second-order valence-corrected chi connectivity index (χ2v) is 5.11. The first-order valence-electron chi connectivity index (χ1n) is 5.63. The van der Waals surface area contributed by atoms with Gasteiger partial charge in [0.25, 0.3) is 0 Å². The Hall–Kier alpha value is -0.680. The van der Waals surface area contributed by atoms with E-state index in [1.165, 1.54) is 12.7 Å². The van der Waals surface area contributed by atoms with E-state index >= 15 is 0 Å². The molecule has 2 atom stereocenters. The molecule has 4 nitrogen and oxygen atoms in total. The number of hydrogen-bond acceptors (Lipinski definition) is 4. The van der Waals surface area contributed by atoms with Gasteiger partial charge in [0, 0.05) is 12.6 Å². The Bertz CT molecular complexity index is 348. The number of nitrogens with one attached hydrogen (secondary N) is 1. The molecule has 5 heteroatoms. The fraction of sp³-hybridized carbons (Fsp3) is 0.636. The van der Waals surface area contributed by atoms with Crippen LogP contribution in [0.2, 0.25) is 0 Å². The molecule has 2 rings (SSSR count). The number of anilines is 1. The summed E-state index contributed by atoms with van der Waals surface area (Å²) in [6, 6.07) is 1.86. The van der Waals surface area contributed by atoms with Crippen LogP contribution in [-0.2, 0) is 0 Å². The summed E-state index contributed by atoms with van der Waals surface area (Å²) >= 11 is 3.31. The number of aliphatic hydroxyl groups excluding tert-OH is 1. The van der Waals surface area contributed by atoms with Gasteiger partial charge in [-0.3, -0.25) is 0 Å². The molecule has 1 aromatic heterocycles. The summed E-state index contributed by atoms with van der Waals surface area (Å²) in [5, 5.41) is 12.8. The van der Waals surface area contributed by atoms with Crippen molar-refractivity contribution in [3.05, 3.63) is 17.0 Å². The lowest BCUT2D eigenvalue weighted by Crippen LogP contribution is -2.25. The number of aromatic nitrogens is 2. The van der Waals surface area contributed by atoms with Crippen LogP contribution >= 0.6 is 15.9 Å². The number of nitrogens with zero attached hydrogens (tertiary/aromatic N) is 2. The Labute approximate surface area is 104 Å². The lowest BCUT2D eigenvalue weighted by Gasteiger charge is -2.26. The first-order chi connectivity index (χ1) is 7.74. The molecule has 1 aliphatic carbocycles. The monoisotopic (exact) mass is 285 g/mol. The molecular formula is C11H16BrN3O. The van der Waals surface area contributed by atoms with Crippen molar-refractivity contribution in [3.63, 3.8) is 0 Å². The summed E-state index contributed by atoms with van der Waals surface area (Å²) in [6.07, 6.45) is 5.59. The van der Waals surface area contributed by atoms with E-state index in [-0.39, 0.29) is 6.10 Å². The molecule has 0 aliphatic heterocycles. The Balaban J connectivity index is 1.82. The van der Waals surface area contributed by atoms with Crippen LogP contribution in [0.15, 0.2) is 17.0 Å². The summed E-state index contributed by atoms with van der Waals surface area (Å²) in [5.41, 5.74) is 0. The molecule has 0 radical (unpaired) electrons. The van der Waals surface area contributed by atoms with E-state index in [4.69, 9.17) is 0 Å². The summed E-state index contributed by atoms with van der Waals surface area (Å²) in [6.45, 7) is 0.876. The Morgan fingerprint density at radius 3 is 3.06 bits per heavy atom. The fourth-order valence-electron chi connectivity index (χ4n) is 2.13.